The minimum Gasteiger partial charge on any atom is -0.507 e. The van der Waals surface area contributed by atoms with Crippen molar-refractivity contribution in [2.24, 2.45) is 0 Å². The highest BCUT2D eigenvalue weighted by Crippen LogP contribution is 2.44. The highest BCUT2D eigenvalue weighted by molar-refractivity contribution is 6.52. The van der Waals surface area contributed by atoms with Crippen LogP contribution in [0, 0.1) is 6.92 Å². The first kappa shape index (κ1) is 23.4. The van der Waals surface area contributed by atoms with Gasteiger partial charge in [-0.1, -0.05) is 48.0 Å². The topological polar surface area (TPSA) is 76.1 Å². The number of aryl methyl sites for hydroxylation is 1. The molecular formula is C27H24ClNO5. The second-order valence-electron chi connectivity index (χ2n) is 7.81. The first-order valence-corrected chi connectivity index (χ1v) is 11.2. The van der Waals surface area contributed by atoms with E-state index >= 15 is 0 Å². The van der Waals surface area contributed by atoms with Gasteiger partial charge >= 0.3 is 0 Å². The third-order valence-corrected chi connectivity index (χ3v) is 6.05. The Kier molecular flexibility index (Phi) is 6.61. The van der Waals surface area contributed by atoms with Crippen LogP contribution in [0.5, 0.6) is 11.5 Å². The fourth-order valence-corrected chi connectivity index (χ4v) is 4.40. The number of amides is 1. The lowest BCUT2D eigenvalue weighted by atomic mass is 9.92. The maximum atomic E-state index is 13.3. The van der Waals surface area contributed by atoms with Crippen molar-refractivity contribution in [1.82, 2.24) is 0 Å². The van der Waals surface area contributed by atoms with Crippen LogP contribution in [0.3, 0.4) is 0 Å². The predicted octanol–water partition coefficient (Wildman–Crippen LogP) is 5.68. The van der Waals surface area contributed by atoms with Crippen molar-refractivity contribution in [2.75, 3.05) is 18.6 Å². The number of benzene rings is 3. The number of ether oxygens (including phenoxy) is 2. The Bertz CT molecular complexity index is 1300. The van der Waals surface area contributed by atoms with Crippen molar-refractivity contribution in [3.8, 4) is 11.5 Å². The molecule has 1 unspecified atom stereocenters. The Morgan fingerprint density at radius 2 is 1.82 bits per heavy atom. The first-order chi connectivity index (χ1) is 16.4. The number of methoxy groups -OCH3 is 1. The Morgan fingerprint density at radius 1 is 1.06 bits per heavy atom. The van der Waals surface area contributed by atoms with E-state index in [1.165, 1.54) is 12.0 Å². The molecule has 174 valence electrons. The number of carbonyl (C=O) groups is 2. The van der Waals surface area contributed by atoms with Gasteiger partial charge in [-0.25, -0.2) is 0 Å². The van der Waals surface area contributed by atoms with Crippen molar-refractivity contribution in [2.45, 2.75) is 19.9 Å². The molecule has 7 heteroatoms. The lowest BCUT2D eigenvalue weighted by Gasteiger charge is -2.27. The molecular weight excluding hydrogens is 454 g/mol. The highest BCUT2D eigenvalue weighted by atomic mass is 35.5. The van der Waals surface area contributed by atoms with Crippen LogP contribution in [0.15, 0.2) is 72.3 Å². The lowest BCUT2D eigenvalue weighted by molar-refractivity contribution is -0.132. The van der Waals surface area contributed by atoms with Gasteiger partial charge in [0.25, 0.3) is 11.7 Å². The Balaban J connectivity index is 1.94. The molecule has 3 aromatic carbocycles. The summed E-state index contributed by atoms with van der Waals surface area (Å²) in [6.45, 7) is 4.21. The molecule has 0 radical (unpaired) electrons. The number of Topliss-reactive ketones (excluding diaryl/α,β-unsaturated/α-hetero) is 1. The third kappa shape index (κ3) is 4.13. The van der Waals surface area contributed by atoms with Gasteiger partial charge in [-0.05, 0) is 55.3 Å². The zero-order chi connectivity index (χ0) is 24.4. The summed E-state index contributed by atoms with van der Waals surface area (Å²) >= 11 is 6.34. The van der Waals surface area contributed by atoms with Gasteiger partial charge in [-0.3, -0.25) is 14.5 Å². The first-order valence-electron chi connectivity index (χ1n) is 10.8. The molecule has 0 saturated carbocycles. The number of halogens is 1. The summed E-state index contributed by atoms with van der Waals surface area (Å²) in [5.41, 5.74) is 2.39. The monoisotopic (exact) mass is 477 g/mol. The molecule has 1 fully saturated rings. The van der Waals surface area contributed by atoms with Crippen molar-refractivity contribution >= 4 is 34.7 Å². The average Bonchev–Trinajstić information content (AvgIpc) is 3.09. The van der Waals surface area contributed by atoms with Gasteiger partial charge < -0.3 is 14.6 Å². The Morgan fingerprint density at radius 3 is 2.50 bits per heavy atom. The van der Waals surface area contributed by atoms with Gasteiger partial charge in [-0.2, -0.15) is 0 Å². The predicted molar refractivity (Wildman–Crippen MR) is 132 cm³/mol. The highest BCUT2D eigenvalue weighted by Gasteiger charge is 2.47. The number of anilines is 1. The number of hydrogen-bond donors (Lipinski definition) is 1. The van der Waals surface area contributed by atoms with E-state index in [0.717, 1.165) is 11.1 Å². The van der Waals surface area contributed by atoms with Crippen LogP contribution < -0.4 is 14.4 Å². The molecule has 0 aromatic heterocycles. The van der Waals surface area contributed by atoms with Gasteiger partial charge in [0, 0.05) is 11.3 Å². The molecule has 1 aliphatic rings. The molecule has 0 bridgehead atoms. The van der Waals surface area contributed by atoms with E-state index in [1.54, 1.807) is 42.5 Å². The molecule has 1 amide bonds. The molecule has 1 atom stereocenters. The normalized spacial score (nSPS) is 17.2. The number of rotatable bonds is 6. The number of carbonyl (C=O) groups excluding carboxylic acids is 2. The number of hydrogen-bond acceptors (Lipinski definition) is 5. The van der Waals surface area contributed by atoms with E-state index in [-0.39, 0.29) is 11.3 Å². The summed E-state index contributed by atoms with van der Waals surface area (Å²) < 4.78 is 10.8. The molecule has 34 heavy (non-hydrogen) atoms. The van der Waals surface area contributed by atoms with Crippen LogP contribution in [0.1, 0.15) is 29.7 Å². The van der Waals surface area contributed by atoms with Crippen molar-refractivity contribution in [3.63, 3.8) is 0 Å². The maximum Gasteiger partial charge on any atom is 0.300 e. The van der Waals surface area contributed by atoms with Crippen LogP contribution in [0.2, 0.25) is 5.02 Å². The van der Waals surface area contributed by atoms with Crippen LogP contribution in [0.4, 0.5) is 5.69 Å². The van der Waals surface area contributed by atoms with Gasteiger partial charge in [0.05, 0.1) is 30.4 Å². The van der Waals surface area contributed by atoms with Gasteiger partial charge in [0.2, 0.25) is 0 Å². The van der Waals surface area contributed by atoms with E-state index in [2.05, 4.69) is 0 Å². The molecule has 6 nitrogen and oxygen atoms in total. The largest absolute Gasteiger partial charge is 0.507 e. The summed E-state index contributed by atoms with van der Waals surface area (Å²) in [6, 6.07) is 18.3. The smallest absolute Gasteiger partial charge is 0.300 e. The second-order valence-corrected chi connectivity index (χ2v) is 8.21. The van der Waals surface area contributed by atoms with E-state index in [0.29, 0.717) is 34.4 Å². The quantitative estimate of drug-likeness (QED) is 0.281. The minimum absolute atomic E-state index is 0.000103. The van der Waals surface area contributed by atoms with E-state index in [4.69, 9.17) is 21.1 Å². The number of ketones is 1. The molecule has 0 aliphatic carbocycles. The Hall–Kier alpha value is -3.77. The average molecular weight is 478 g/mol. The summed E-state index contributed by atoms with van der Waals surface area (Å²) in [7, 11) is 1.50. The van der Waals surface area contributed by atoms with Crippen LogP contribution in [0.25, 0.3) is 5.76 Å². The van der Waals surface area contributed by atoms with Crippen molar-refractivity contribution in [3.05, 3.63) is 94.0 Å². The summed E-state index contributed by atoms with van der Waals surface area (Å²) in [5, 5.41) is 11.6. The second kappa shape index (κ2) is 9.61. The molecule has 0 spiro atoms. The van der Waals surface area contributed by atoms with E-state index in [9.17, 15) is 14.7 Å². The zero-order valence-corrected chi connectivity index (χ0v) is 19.8. The maximum absolute atomic E-state index is 13.3. The molecule has 1 saturated heterocycles. The van der Waals surface area contributed by atoms with Crippen molar-refractivity contribution in [1.29, 1.82) is 0 Å². The SMILES string of the molecule is CCOc1cccc(/C(O)=C2\C(=O)C(=O)N(c3ccc(OC)c(Cl)c3)C2c2ccccc2C)c1. The third-order valence-electron chi connectivity index (χ3n) is 5.76. The number of aliphatic hydroxyl groups excluding tert-OH is 1. The van der Waals surface area contributed by atoms with Gasteiger partial charge in [0.1, 0.15) is 17.3 Å². The summed E-state index contributed by atoms with van der Waals surface area (Å²) in [6.07, 6.45) is 0. The summed E-state index contributed by atoms with van der Waals surface area (Å²) in [5.74, 6) is -0.802. The fraction of sp³-hybridized carbons (Fsp3) is 0.185. The molecule has 3 aromatic rings. The number of aliphatic hydroxyl groups is 1. The van der Waals surface area contributed by atoms with E-state index in [1.807, 2.05) is 38.1 Å². The van der Waals surface area contributed by atoms with Gasteiger partial charge in [0.15, 0.2) is 0 Å². The minimum atomic E-state index is -0.846. The van der Waals surface area contributed by atoms with Crippen LogP contribution >= 0.6 is 11.6 Å². The van der Waals surface area contributed by atoms with E-state index < -0.39 is 17.7 Å². The molecule has 4 rings (SSSR count). The zero-order valence-electron chi connectivity index (χ0n) is 19.0. The van der Waals surface area contributed by atoms with Crippen LogP contribution in [-0.2, 0) is 9.59 Å². The molecule has 1 N–H and O–H groups in total. The Labute approximate surface area is 203 Å². The van der Waals surface area contributed by atoms with Crippen LogP contribution in [-0.4, -0.2) is 30.5 Å². The van der Waals surface area contributed by atoms with Gasteiger partial charge in [-0.15, -0.1) is 0 Å². The fourth-order valence-electron chi connectivity index (χ4n) is 4.15. The van der Waals surface area contributed by atoms with Crippen molar-refractivity contribution < 1.29 is 24.2 Å². The standard InChI is InChI=1S/C27H24ClNO5/c1-4-34-19-10-7-9-17(14-19)25(30)23-24(20-11-6-5-8-16(20)2)29(27(32)26(23)31)18-12-13-22(33-3)21(28)15-18/h5-15,24,30H,4H2,1-3H3/b25-23+. The lowest BCUT2D eigenvalue weighted by Crippen LogP contribution is -2.29. The number of nitrogens with zero attached hydrogens (tertiary/aromatic N) is 1. The summed E-state index contributed by atoms with van der Waals surface area (Å²) in [4.78, 5) is 28.0. The molecule has 1 heterocycles. The molecule has 1 aliphatic heterocycles.